The van der Waals surface area contributed by atoms with Crippen LogP contribution in [0.4, 0.5) is 0 Å². The molecule has 1 saturated carbocycles. The van der Waals surface area contributed by atoms with E-state index < -0.39 is 0 Å². The van der Waals surface area contributed by atoms with E-state index in [0.29, 0.717) is 11.9 Å². The van der Waals surface area contributed by atoms with E-state index in [1.807, 2.05) is 0 Å². The van der Waals surface area contributed by atoms with E-state index in [0.717, 1.165) is 44.7 Å². The average Bonchev–Trinajstić information content (AvgIpc) is 2.50. The summed E-state index contributed by atoms with van der Waals surface area (Å²) < 4.78 is 0. The Morgan fingerprint density at radius 3 is 2.50 bits per heavy atom. The number of hydrogen-bond donors (Lipinski definition) is 2. The lowest BCUT2D eigenvalue weighted by Crippen LogP contribution is -2.44. The van der Waals surface area contributed by atoms with E-state index in [9.17, 15) is 4.79 Å². The summed E-state index contributed by atoms with van der Waals surface area (Å²) in [7, 11) is 0. The number of carbonyl (C=O) groups excluding carboxylic acids is 1. The topological polar surface area (TPSA) is 41.1 Å². The van der Waals surface area contributed by atoms with Crippen LogP contribution in [0.15, 0.2) is 0 Å². The summed E-state index contributed by atoms with van der Waals surface area (Å²) in [4.78, 5) is 12.4. The molecule has 1 atom stereocenters. The molecule has 0 bridgehead atoms. The number of rotatable bonds is 6. The SMILES string of the molecule is CCC(CCC1CCCCC1)C(=O)NC1CCNCC1. The Kier molecular flexibility index (Phi) is 6.85. The van der Waals surface area contributed by atoms with Crippen molar-refractivity contribution in [2.24, 2.45) is 11.8 Å². The van der Waals surface area contributed by atoms with Crippen LogP contribution in [0.3, 0.4) is 0 Å². The van der Waals surface area contributed by atoms with E-state index in [2.05, 4.69) is 17.6 Å². The molecule has 1 unspecified atom stereocenters. The zero-order valence-electron chi connectivity index (χ0n) is 13.1. The lowest BCUT2D eigenvalue weighted by Gasteiger charge is -2.27. The summed E-state index contributed by atoms with van der Waals surface area (Å²) in [5, 5.41) is 6.63. The number of piperidine rings is 1. The highest BCUT2D eigenvalue weighted by Gasteiger charge is 2.23. The van der Waals surface area contributed by atoms with E-state index >= 15 is 0 Å². The minimum absolute atomic E-state index is 0.242. The van der Waals surface area contributed by atoms with Crippen molar-refractivity contribution in [3.05, 3.63) is 0 Å². The van der Waals surface area contributed by atoms with Crippen LogP contribution in [-0.2, 0) is 4.79 Å². The van der Waals surface area contributed by atoms with Crippen molar-refractivity contribution in [3.63, 3.8) is 0 Å². The molecule has 0 spiro atoms. The van der Waals surface area contributed by atoms with Crippen molar-refractivity contribution in [1.29, 1.82) is 0 Å². The molecule has 2 aliphatic rings. The maximum Gasteiger partial charge on any atom is 0.223 e. The Morgan fingerprint density at radius 1 is 1.15 bits per heavy atom. The third kappa shape index (κ3) is 5.08. The van der Waals surface area contributed by atoms with Gasteiger partial charge in [-0.2, -0.15) is 0 Å². The molecule has 116 valence electrons. The fraction of sp³-hybridized carbons (Fsp3) is 0.941. The molecule has 3 nitrogen and oxygen atoms in total. The molecule has 1 amide bonds. The van der Waals surface area contributed by atoms with E-state index in [1.54, 1.807) is 0 Å². The lowest BCUT2D eigenvalue weighted by molar-refractivity contribution is -0.126. The van der Waals surface area contributed by atoms with Crippen molar-refractivity contribution < 1.29 is 4.79 Å². The third-order valence-electron chi connectivity index (χ3n) is 5.20. The van der Waals surface area contributed by atoms with Crippen LogP contribution >= 0.6 is 0 Å². The van der Waals surface area contributed by atoms with Gasteiger partial charge in [0, 0.05) is 12.0 Å². The van der Waals surface area contributed by atoms with Gasteiger partial charge in [0.1, 0.15) is 0 Å². The van der Waals surface area contributed by atoms with Gasteiger partial charge in [0.25, 0.3) is 0 Å². The fourth-order valence-corrected chi connectivity index (χ4v) is 3.72. The highest BCUT2D eigenvalue weighted by molar-refractivity contribution is 5.78. The highest BCUT2D eigenvalue weighted by atomic mass is 16.1. The van der Waals surface area contributed by atoms with Gasteiger partial charge in [-0.15, -0.1) is 0 Å². The quantitative estimate of drug-likeness (QED) is 0.784. The van der Waals surface area contributed by atoms with Crippen molar-refractivity contribution in [2.45, 2.75) is 77.2 Å². The van der Waals surface area contributed by atoms with Gasteiger partial charge in [0.15, 0.2) is 0 Å². The van der Waals surface area contributed by atoms with Crippen LogP contribution in [0.25, 0.3) is 0 Å². The van der Waals surface area contributed by atoms with Crippen LogP contribution in [0.2, 0.25) is 0 Å². The maximum absolute atomic E-state index is 12.4. The summed E-state index contributed by atoms with van der Waals surface area (Å²) in [5.41, 5.74) is 0. The molecular weight excluding hydrogens is 248 g/mol. The molecule has 0 aromatic rings. The second-order valence-electron chi connectivity index (χ2n) is 6.72. The smallest absolute Gasteiger partial charge is 0.223 e. The first-order chi connectivity index (χ1) is 9.79. The molecule has 2 fully saturated rings. The number of carbonyl (C=O) groups is 1. The molecule has 20 heavy (non-hydrogen) atoms. The van der Waals surface area contributed by atoms with E-state index in [1.165, 1.54) is 38.5 Å². The van der Waals surface area contributed by atoms with Gasteiger partial charge >= 0.3 is 0 Å². The molecule has 3 heteroatoms. The van der Waals surface area contributed by atoms with Crippen LogP contribution < -0.4 is 10.6 Å². The predicted molar refractivity (Wildman–Crippen MR) is 83.6 cm³/mol. The molecule has 0 radical (unpaired) electrons. The first-order valence-electron chi connectivity index (χ1n) is 8.80. The third-order valence-corrected chi connectivity index (χ3v) is 5.20. The summed E-state index contributed by atoms with van der Waals surface area (Å²) >= 11 is 0. The molecule has 2 rings (SSSR count). The first kappa shape index (κ1) is 15.8. The minimum Gasteiger partial charge on any atom is -0.353 e. The van der Waals surface area contributed by atoms with Crippen molar-refractivity contribution >= 4 is 5.91 Å². The average molecular weight is 280 g/mol. The second kappa shape index (κ2) is 8.66. The zero-order valence-corrected chi connectivity index (χ0v) is 13.1. The maximum atomic E-state index is 12.4. The Hall–Kier alpha value is -0.570. The Balaban J connectivity index is 1.70. The van der Waals surface area contributed by atoms with Crippen LogP contribution in [0, 0.1) is 11.8 Å². The summed E-state index contributed by atoms with van der Waals surface area (Å²) in [5.74, 6) is 1.45. The van der Waals surface area contributed by atoms with Crippen molar-refractivity contribution in [3.8, 4) is 0 Å². The summed E-state index contributed by atoms with van der Waals surface area (Å²) in [6, 6.07) is 0.410. The minimum atomic E-state index is 0.242. The molecular formula is C17H32N2O. The van der Waals surface area contributed by atoms with Gasteiger partial charge in [-0.3, -0.25) is 4.79 Å². The van der Waals surface area contributed by atoms with Gasteiger partial charge in [0.05, 0.1) is 0 Å². The Labute approximate surface area is 124 Å². The van der Waals surface area contributed by atoms with Crippen LogP contribution in [0.5, 0.6) is 0 Å². The van der Waals surface area contributed by atoms with Crippen molar-refractivity contribution in [1.82, 2.24) is 10.6 Å². The van der Waals surface area contributed by atoms with Gasteiger partial charge in [-0.05, 0) is 51.1 Å². The lowest BCUT2D eigenvalue weighted by atomic mass is 9.83. The largest absolute Gasteiger partial charge is 0.353 e. The van der Waals surface area contributed by atoms with Crippen LogP contribution in [0.1, 0.15) is 71.1 Å². The predicted octanol–water partition coefficient (Wildman–Crippen LogP) is 3.24. The summed E-state index contributed by atoms with van der Waals surface area (Å²) in [6.45, 7) is 4.25. The Bertz CT molecular complexity index is 281. The van der Waals surface area contributed by atoms with Gasteiger partial charge in [-0.25, -0.2) is 0 Å². The molecule has 1 aliphatic heterocycles. The Morgan fingerprint density at radius 2 is 1.85 bits per heavy atom. The van der Waals surface area contributed by atoms with Gasteiger partial charge in [-0.1, -0.05) is 39.0 Å². The molecule has 2 N–H and O–H groups in total. The number of nitrogens with one attached hydrogen (secondary N) is 2. The number of amides is 1. The van der Waals surface area contributed by atoms with Gasteiger partial charge < -0.3 is 10.6 Å². The van der Waals surface area contributed by atoms with Crippen LogP contribution in [-0.4, -0.2) is 25.0 Å². The van der Waals surface area contributed by atoms with Crippen molar-refractivity contribution in [2.75, 3.05) is 13.1 Å². The standard InChI is InChI=1S/C17H32N2O/c1-2-15(9-8-14-6-4-3-5-7-14)17(20)19-16-10-12-18-13-11-16/h14-16,18H,2-13H2,1H3,(H,19,20). The zero-order chi connectivity index (χ0) is 14.2. The van der Waals surface area contributed by atoms with E-state index in [4.69, 9.17) is 0 Å². The first-order valence-corrected chi connectivity index (χ1v) is 8.80. The fourth-order valence-electron chi connectivity index (χ4n) is 3.72. The van der Waals surface area contributed by atoms with Gasteiger partial charge in [0.2, 0.25) is 5.91 Å². The molecule has 1 saturated heterocycles. The van der Waals surface area contributed by atoms with E-state index in [-0.39, 0.29) is 5.92 Å². The molecule has 1 aliphatic carbocycles. The normalized spacial score (nSPS) is 23.4. The monoisotopic (exact) mass is 280 g/mol. The number of hydrogen-bond acceptors (Lipinski definition) is 2. The molecule has 0 aromatic carbocycles. The second-order valence-corrected chi connectivity index (χ2v) is 6.72. The molecule has 0 aromatic heterocycles. The highest BCUT2D eigenvalue weighted by Crippen LogP contribution is 2.29. The summed E-state index contributed by atoms with van der Waals surface area (Å²) in [6.07, 6.45) is 12.5. The molecule has 1 heterocycles.